The summed E-state index contributed by atoms with van der Waals surface area (Å²) < 4.78 is 5.81. The van der Waals surface area contributed by atoms with Crippen molar-refractivity contribution in [1.82, 2.24) is 15.8 Å². The van der Waals surface area contributed by atoms with E-state index in [1.54, 1.807) is 12.1 Å². The van der Waals surface area contributed by atoms with Crippen molar-refractivity contribution in [3.8, 4) is 10.6 Å². The summed E-state index contributed by atoms with van der Waals surface area (Å²) in [4.78, 5) is 12.7. The molecule has 0 spiro atoms. The molecule has 0 radical (unpaired) electrons. The molecule has 2 rings (SSSR count). The third-order valence-corrected chi connectivity index (χ3v) is 3.87. The Balaban J connectivity index is 2.02. The molecule has 2 N–H and O–H groups in total. The molecule has 0 aliphatic heterocycles. The second-order valence-corrected chi connectivity index (χ2v) is 5.79. The van der Waals surface area contributed by atoms with Crippen LogP contribution in [0.4, 0.5) is 0 Å². The Morgan fingerprint density at radius 1 is 1.58 bits per heavy atom. The number of hydrogen-bond donors (Lipinski definition) is 2. The molecule has 102 valence electrons. The molecule has 2 aromatic heterocycles. The first kappa shape index (κ1) is 14.0. The first-order valence-corrected chi connectivity index (χ1v) is 6.97. The molecular weight excluding hydrogens is 286 g/mol. The molecule has 5 nitrogen and oxygen atoms in total. The standard InChI is InChI=1S/C12H14ClN3O2S/c1-7(14-2)6-15-12(17)8-5-9(18-16-8)10-3-4-11(13)19-10/h3-5,7,14H,6H2,1-2H3,(H,15,17). The van der Waals surface area contributed by atoms with E-state index in [9.17, 15) is 4.79 Å². The van der Waals surface area contributed by atoms with Gasteiger partial charge in [-0.2, -0.15) is 0 Å². The fraction of sp³-hybridized carbons (Fsp3) is 0.333. The Labute approximate surface area is 119 Å². The number of aromatic nitrogens is 1. The van der Waals surface area contributed by atoms with Gasteiger partial charge in [-0.3, -0.25) is 4.79 Å². The molecule has 0 saturated carbocycles. The van der Waals surface area contributed by atoms with Crippen molar-refractivity contribution in [3.63, 3.8) is 0 Å². The van der Waals surface area contributed by atoms with Crippen molar-refractivity contribution in [2.75, 3.05) is 13.6 Å². The Bertz CT molecular complexity index is 567. The van der Waals surface area contributed by atoms with Crippen LogP contribution >= 0.6 is 22.9 Å². The predicted octanol–water partition coefficient (Wildman–Crippen LogP) is 2.39. The van der Waals surface area contributed by atoms with Gasteiger partial charge in [0.15, 0.2) is 11.5 Å². The zero-order valence-corrected chi connectivity index (χ0v) is 12.1. The topological polar surface area (TPSA) is 67.2 Å². The molecule has 1 unspecified atom stereocenters. The number of thiophene rings is 1. The number of likely N-dealkylation sites (N-methyl/N-ethyl adjacent to an activating group) is 1. The largest absolute Gasteiger partial charge is 0.355 e. The van der Waals surface area contributed by atoms with E-state index in [4.69, 9.17) is 16.1 Å². The maximum absolute atomic E-state index is 11.8. The molecule has 7 heteroatoms. The molecule has 2 aromatic rings. The summed E-state index contributed by atoms with van der Waals surface area (Å²) in [5.74, 6) is 0.295. The van der Waals surface area contributed by atoms with Gasteiger partial charge in [0, 0.05) is 18.7 Å². The van der Waals surface area contributed by atoms with Crippen molar-refractivity contribution >= 4 is 28.8 Å². The summed E-state index contributed by atoms with van der Waals surface area (Å²) in [5.41, 5.74) is 0.267. The molecule has 2 heterocycles. The van der Waals surface area contributed by atoms with Crippen LogP contribution in [0.2, 0.25) is 4.34 Å². The molecule has 0 aromatic carbocycles. The van der Waals surface area contributed by atoms with Gasteiger partial charge >= 0.3 is 0 Å². The molecule has 1 amide bonds. The fourth-order valence-electron chi connectivity index (χ4n) is 1.38. The summed E-state index contributed by atoms with van der Waals surface area (Å²) in [5, 5.41) is 9.57. The van der Waals surface area contributed by atoms with Crippen LogP contribution in [0.25, 0.3) is 10.6 Å². The van der Waals surface area contributed by atoms with Crippen LogP contribution in [0.5, 0.6) is 0 Å². The highest BCUT2D eigenvalue weighted by Crippen LogP contribution is 2.31. The van der Waals surface area contributed by atoms with E-state index >= 15 is 0 Å². The highest BCUT2D eigenvalue weighted by molar-refractivity contribution is 7.19. The summed E-state index contributed by atoms with van der Waals surface area (Å²) in [6.45, 7) is 2.50. The van der Waals surface area contributed by atoms with Gasteiger partial charge in [0.2, 0.25) is 0 Å². The maximum Gasteiger partial charge on any atom is 0.273 e. The summed E-state index contributed by atoms with van der Waals surface area (Å²) in [6, 6.07) is 5.42. The summed E-state index contributed by atoms with van der Waals surface area (Å²) in [6.07, 6.45) is 0. The lowest BCUT2D eigenvalue weighted by atomic mass is 10.3. The number of amides is 1. The zero-order chi connectivity index (χ0) is 13.8. The highest BCUT2D eigenvalue weighted by Gasteiger charge is 2.15. The molecule has 0 bridgehead atoms. The first-order chi connectivity index (χ1) is 9.10. The molecule has 0 aliphatic carbocycles. The van der Waals surface area contributed by atoms with E-state index in [2.05, 4.69) is 15.8 Å². The lowest BCUT2D eigenvalue weighted by Crippen LogP contribution is -2.37. The average Bonchev–Trinajstić information content (AvgIpc) is 3.03. The number of rotatable bonds is 5. The molecule has 0 aliphatic rings. The van der Waals surface area contributed by atoms with Crippen LogP contribution in [-0.4, -0.2) is 30.7 Å². The van der Waals surface area contributed by atoms with Crippen LogP contribution in [-0.2, 0) is 0 Å². The molecule has 0 saturated heterocycles. The number of carbonyl (C=O) groups is 1. The van der Waals surface area contributed by atoms with Crippen LogP contribution in [0.1, 0.15) is 17.4 Å². The Kier molecular flexibility index (Phi) is 4.57. The SMILES string of the molecule is CNC(C)CNC(=O)c1cc(-c2ccc(Cl)s2)on1. The van der Waals surface area contributed by atoms with Gasteiger partial charge in [-0.1, -0.05) is 16.8 Å². The molecule has 0 fully saturated rings. The van der Waals surface area contributed by atoms with E-state index in [0.717, 1.165) is 4.88 Å². The van der Waals surface area contributed by atoms with Gasteiger partial charge in [-0.25, -0.2) is 0 Å². The zero-order valence-electron chi connectivity index (χ0n) is 10.6. The van der Waals surface area contributed by atoms with Crippen LogP contribution in [0.3, 0.4) is 0 Å². The number of carbonyl (C=O) groups excluding carboxylic acids is 1. The van der Waals surface area contributed by atoms with Gasteiger partial charge in [0.25, 0.3) is 5.91 Å². The lowest BCUT2D eigenvalue weighted by Gasteiger charge is -2.09. The average molecular weight is 300 g/mol. The maximum atomic E-state index is 11.8. The predicted molar refractivity (Wildman–Crippen MR) is 75.7 cm³/mol. The minimum atomic E-state index is -0.250. The van der Waals surface area contributed by atoms with Crippen molar-refractivity contribution in [2.24, 2.45) is 0 Å². The normalized spacial score (nSPS) is 12.4. The van der Waals surface area contributed by atoms with Gasteiger partial charge < -0.3 is 15.2 Å². The van der Waals surface area contributed by atoms with Gasteiger partial charge in [-0.15, -0.1) is 11.3 Å². The van der Waals surface area contributed by atoms with Crippen molar-refractivity contribution in [1.29, 1.82) is 0 Å². The highest BCUT2D eigenvalue weighted by atomic mass is 35.5. The van der Waals surface area contributed by atoms with E-state index in [-0.39, 0.29) is 17.6 Å². The third-order valence-electron chi connectivity index (χ3n) is 2.62. The van der Waals surface area contributed by atoms with E-state index < -0.39 is 0 Å². The second kappa shape index (κ2) is 6.18. The Hall–Kier alpha value is -1.37. The Morgan fingerprint density at radius 3 is 3.00 bits per heavy atom. The Morgan fingerprint density at radius 2 is 2.37 bits per heavy atom. The van der Waals surface area contributed by atoms with Gasteiger partial charge in [-0.05, 0) is 26.1 Å². The van der Waals surface area contributed by atoms with Gasteiger partial charge in [0.1, 0.15) is 0 Å². The monoisotopic (exact) mass is 299 g/mol. The van der Waals surface area contributed by atoms with E-state index in [1.807, 2.05) is 20.0 Å². The first-order valence-electron chi connectivity index (χ1n) is 5.78. The van der Waals surface area contributed by atoms with Crippen molar-refractivity contribution < 1.29 is 9.32 Å². The van der Waals surface area contributed by atoms with Gasteiger partial charge in [0.05, 0.1) is 9.21 Å². The number of nitrogens with one attached hydrogen (secondary N) is 2. The van der Waals surface area contributed by atoms with E-state index in [0.29, 0.717) is 16.6 Å². The summed E-state index contributed by atoms with van der Waals surface area (Å²) >= 11 is 7.23. The fourth-order valence-corrected chi connectivity index (χ4v) is 2.37. The number of nitrogens with zero attached hydrogens (tertiary/aromatic N) is 1. The lowest BCUT2D eigenvalue weighted by molar-refractivity contribution is 0.0941. The number of hydrogen-bond acceptors (Lipinski definition) is 5. The molecule has 1 atom stereocenters. The minimum absolute atomic E-state index is 0.200. The molecule has 19 heavy (non-hydrogen) atoms. The second-order valence-electron chi connectivity index (χ2n) is 4.08. The number of halogens is 1. The van der Waals surface area contributed by atoms with E-state index in [1.165, 1.54) is 11.3 Å². The van der Waals surface area contributed by atoms with Crippen molar-refractivity contribution in [3.05, 3.63) is 28.2 Å². The smallest absolute Gasteiger partial charge is 0.273 e. The third kappa shape index (κ3) is 3.56. The van der Waals surface area contributed by atoms with Crippen LogP contribution in [0, 0.1) is 0 Å². The van der Waals surface area contributed by atoms with Crippen LogP contribution < -0.4 is 10.6 Å². The van der Waals surface area contributed by atoms with Crippen LogP contribution in [0.15, 0.2) is 22.7 Å². The molecular formula is C12H14ClN3O2S. The quantitative estimate of drug-likeness (QED) is 0.889. The summed E-state index contributed by atoms with van der Waals surface area (Å²) in [7, 11) is 1.84. The minimum Gasteiger partial charge on any atom is -0.355 e. The van der Waals surface area contributed by atoms with Crippen molar-refractivity contribution in [2.45, 2.75) is 13.0 Å².